The molecule has 0 atom stereocenters. The summed E-state index contributed by atoms with van der Waals surface area (Å²) in [5.74, 6) is -0.682. The van der Waals surface area contributed by atoms with Crippen LogP contribution >= 0.6 is 0 Å². The van der Waals surface area contributed by atoms with Crippen molar-refractivity contribution in [3.63, 3.8) is 0 Å². The number of carbonyl (C=O) groups is 2. The lowest BCUT2D eigenvalue weighted by Crippen LogP contribution is -2.54. The quantitative estimate of drug-likeness (QED) is 0.653. The van der Waals surface area contributed by atoms with Gasteiger partial charge in [-0.15, -0.1) is 0 Å². The smallest absolute Gasteiger partial charge is 0.317 e. The molecule has 0 saturated carbocycles. The van der Waals surface area contributed by atoms with Crippen LogP contribution in [0.25, 0.3) is 0 Å². The molecule has 2 N–H and O–H groups in total. The predicted octanol–water partition coefficient (Wildman–Crippen LogP) is 1.31. The van der Waals surface area contributed by atoms with Gasteiger partial charge in [-0.2, -0.15) is 0 Å². The number of nitrogens with one attached hydrogen (secondary N) is 1. The average molecular weight is 272 g/mol. The van der Waals surface area contributed by atoms with Gasteiger partial charge in [0.25, 0.3) is 0 Å². The van der Waals surface area contributed by atoms with Gasteiger partial charge >= 0.3 is 12.0 Å². The molecule has 0 aromatic carbocycles. The third kappa shape index (κ3) is 6.42. The molecule has 1 aliphatic rings. The monoisotopic (exact) mass is 272 g/mol. The maximum absolute atomic E-state index is 11.6. The second-order valence-electron chi connectivity index (χ2n) is 5.23. The van der Waals surface area contributed by atoms with E-state index in [0.717, 1.165) is 19.4 Å². The molecule has 0 radical (unpaired) electrons. The maximum Gasteiger partial charge on any atom is 0.317 e. The Morgan fingerprint density at radius 1 is 1.37 bits per heavy atom. The molecule has 1 heterocycles. The molecular formula is C13H24N2O4. The second kappa shape index (κ2) is 7.99. The summed E-state index contributed by atoms with van der Waals surface area (Å²) in [4.78, 5) is 23.8. The van der Waals surface area contributed by atoms with Gasteiger partial charge in [-0.25, -0.2) is 4.79 Å². The number of carboxylic acids is 1. The van der Waals surface area contributed by atoms with E-state index in [-0.39, 0.29) is 24.5 Å². The van der Waals surface area contributed by atoms with Gasteiger partial charge in [-0.1, -0.05) is 0 Å². The topological polar surface area (TPSA) is 78.9 Å². The molecule has 1 aliphatic heterocycles. The van der Waals surface area contributed by atoms with Crippen LogP contribution in [-0.2, 0) is 9.53 Å². The van der Waals surface area contributed by atoms with Crippen molar-refractivity contribution >= 4 is 12.0 Å². The first-order valence-corrected chi connectivity index (χ1v) is 6.85. The SMILES string of the molecule is CC(C)OCCCCNC(=O)N1CC(CC(=O)O)C1. The molecule has 19 heavy (non-hydrogen) atoms. The molecule has 1 fully saturated rings. The predicted molar refractivity (Wildman–Crippen MR) is 71.0 cm³/mol. The Labute approximate surface area is 114 Å². The van der Waals surface area contributed by atoms with E-state index < -0.39 is 5.97 Å². The number of hydrogen-bond acceptors (Lipinski definition) is 3. The third-order valence-corrected chi connectivity index (χ3v) is 3.01. The Morgan fingerprint density at radius 3 is 2.63 bits per heavy atom. The van der Waals surface area contributed by atoms with E-state index in [4.69, 9.17) is 9.84 Å². The normalized spacial score (nSPS) is 15.4. The number of rotatable bonds is 8. The summed E-state index contributed by atoms with van der Waals surface area (Å²) < 4.78 is 5.40. The van der Waals surface area contributed by atoms with Gasteiger partial charge in [0.1, 0.15) is 0 Å². The summed E-state index contributed by atoms with van der Waals surface area (Å²) >= 11 is 0. The number of carbonyl (C=O) groups excluding carboxylic acids is 1. The van der Waals surface area contributed by atoms with Gasteiger partial charge in [0.05, 0.1) is 12.5 Å². The van der Waals surface area contributed by atoms with Crippen LogP contribution in [0.4, 0.5) is 4.79 Å². The fourth-order valence-electron chi connectivity index (χ4n) is 1.96. The van der Waals surface area contributed by atoms with E-state index >= 15 is 0 Å². The zero-order chi connectivity index (χ0) is 14.3. The van der Waals surface area contributed by atoms with Gasteiger partial charge in [-0.05, 0) is 26.7 Å². The van der Waals surface area contributed by atoms with Gasteiger partial charge in [0.2, 0.25) is 0 Å². The van der Waals surface area contributed by atoms with Crippen molar-refractivity contribution in [3.8, 4) is 0 Å². The first-order valence-electron chi connectivity index (χ1n) is 6.85. The number of aliphatic carboxylic acids is 1. The summed E-state index contributed by atoms with van der Waals surface area (Å²) in [6.45, 7) is 6.46. The molecule has 0 aromatic rings. The summed E-state index contributed by atoms with van der Waals surface area (Å²) in [6, 6.07) is -0.0913. The number of amides is 2. The number of ether oxygens (including phenoxy) is 1. The standard InChI is InChI=1S/C13H24N2O4/c1-10(2)19-6-4-3-5-14-13(18)15-8-11(9-15)7-12(16)17/h10-11H,3-9H2,1-2H3,(H,14,18)(H,16,17). The molecule has 6 nitrogen and oxygen atoms in total. The van der Waals surface area contributed by atoms with Gasteiger partial charge < -0.3 is 20.1 Å². The Bertz CT molecular complexity index is 301. The zero-order valence-corrected chi connectivity index (χ0v) is 11.7. The largest absolute Gasteiger partial charge is 0.481 e. The molecule has 0 bridgehead atoms. The number of unbranched alkanes of at least 4 members (excludes halogenated alkanes) is 1. The maximum atomic E-state index is 11.6. The van der Waals surface area contributed by atoms with Crippen LogP contribution < -0.4 is 5.32 Å². The fraction of sp³-hybridized carbons (Fsp3) is 0.846. The van der Waals surface area contributed by atoms with Crippen LogP contribution in [0.1, 0.15) is 33.1 Å². The molecule has 0 aliphatic carbocycles. The van der Waals surface area contributed by atoms with E-state index in [1.54, 1.807) is 4.90 Å². The van der Waals surface area contributed by atoms with Crippen molar-refractivity contribution in [1.82, 2.24) is 10.2 Å². The lowest BCUT2D eigenvalue weighted by molar-refractivity contribution is -0.139. The lowest BCUT2D eigenvalue weighted by atomic mass is 9.97. The first-order chi connectivity index (χ1) is 8.99. The van der Waals surface area contributed by atoms with Crippen LogP contribution in [-0.4, -0.2) is 54.4 Å². The van der Waals surface area contributed by atoms with E-state index in [1.807, 2.05) is 13.8 Å². The zero-order valence-electron chi connectivity index (χ0n) is 11.7. The van der Waals surface area contributed by atoms with E-state index in [2.05, 4.69) is 5.32 Å². The van der Waals surface area contributed by atoms with Crippen molar-refractivity contribution in [2.75, 3.05) is 26.2 Å². The van der Waals surface area contributed by atoms with Crippen molar-refractivity contribution in [2.24, 2.45) is 5.92 Å². The van der Waals surface area contributed by atoms with Crippen LogP contribution in [0.3, 0.4) is 0 Å². The van der Waals surface area contributed by atoms with Crippen LogP contribution in [0, 0.1) is 5.92 Å². The molecular weight excluding hydrogens is 248 g/mol. The number of nitrogens with zero attached hydrogens (tertiary/aromatic N) is 1. The minimum Gasteiger partial charge on any atom is -0.481 e. The Morgan fingerprint density at radius 2 is 2.05 bits per heavy atom. The summed E-state index contributed by atoms with van der Waals surface area (Å²) in [5, 5.41) is 11.4. The molecule has 2 amide bonds. The number of urea groups is 1. The Kier molecular flexibility index (Phi) is 6.62. The van der Waals surface area contributed by atoms with Gasteiger partial charge in [0, 0.05) is 32.2 Å². The van der Waals surface area contributed by atoms with Gasteiger partial charge in [-0.3, -0.25) is 4.79 Å². The highest BCUT2D eigenvalue weighted by Crippen LogP contribution is 2.18. The third-order valence-electron chi connectivity index (χ3n) is 3.01. The van der Waals surface area contributed by atoms with Gasteiger partial charge in [0.15, 0.2) is 0 Å². The van der Waals surface area contributed by atoms with Crippen molar-refractivity contribution in [2.45, 2.75) is 39.2 Å². The number of hydrogen-bond donors (Lipinski definition) is 2. The average Bonchev–Trinajstić information content (AvgIpc) is 2.26. The van der Waals surface area contributed by atoms with Crippen LogP contribution in [0.15, 0.2) is 0 Å². The summed E-state index contributed by atoms with van der Waals surface area (Å²) in [6.07, 6.45) is 2.23. The summed E-state index contributed by atoms with van der Waals surface area (Å²) in [7, 11) is 0. The molecule has 0 unspecified atom stereocenters. The van der Waals surface area contributed by atoms with Crippen molar-refractivity contribution in [1.29, 1.82) is 0 Å². The van der Waals surface area contributed by atoms with Crippen molar-refractivity contribution in [3.05, 3.63) is 0 Å². The van der Waals surface area contributed by atoms with Crippen molar-refractivity contribution < 1.29 is 19.4 Å². The fourth-order valence-corrected chi connectivity index (χ4v) is 1.96. The van der Waals surface area contributed by atoms with E-state index in [1.165, 1.54) is 0 Å². The molecule has 1 saturated heterocycles. The molecule has 110 valence electrons. The highest BCUT2D eigenvalue weighted by Gasteiger charge is 2.31. The van der Waals surface area contributed by atoms with Crippen LogP contribution in [0.5, 0.6) is 0 Å². The minimum absolute atomic E-state index is 0.0913. The molecule has 0 aromatic heterocycles. The van der Waals surface area contributed by atoms with E-state index in [0.29, 0.717) is 19.6 Å². The molecule has 0 spiro atoms. The number of likely N-dealkylation sites (tertiary alicyclic amines) is 1. The Hall–Kier alpha value is -1.30. The summed E-state index contributed by atoms with van der Waals surface area (Å²) in [5.41, 5.74) is 0. The molecule has 6 heteroatoms. The number of carboxylic acid groups (broad SMARTS) is 1. The minimum atomic E-state index is -0.796. The Balaban J connectivity index is 1.96. The van der Waals surface area contributed by atoms with Crippen LogP contribution in [0.2, 0.25) is 0 Å². The van der Waals surface area contributed by atoms with E-state index in [9.17, 15) is 9.59 Å². The molecule has 1 rings (SSSR count). The first kappa shape index (κ1) is 15.8. The lowest BCUT2D eigenvalue weighted by Gasteiger charge is -2.38. The highest BCUT2D eigenvalue weighted by molar-refractivity contribution is 5.75. The second-order valence-corrected chi connectivity index (χ2v) is 5.23. The highest BCUT2D eigenvalue weighted by atomic mass is 16.5.